The zero-order valence-electron chi connectivity index (χ0n) is 14.0. The van der Waals surface area contributed by atoms with Gasteiger partial charge in [-0.1, -0.05) is 12.1 Å². The van der Waals surface area contributed by atoms with Crippen LogP contribution >= 0.6 is 12.4 Å². The molecule has 1 aliphatic heterocycles. The number of ether oxygens (including phenoxy) is 1. The molecule has 0 spiro atoms. The number of rotatable bonds is 4. The van der Waals surface area contributed by atoms with E-state index in [0.717, 1.165) is 0 Å². The van der Waals surface area contributed by atoms with Gasteiger partial charge in [0.1, 0.15) is 11.9 Å². The number of piperidine rings is 1. The number of carbonyl (C=O) groups excluding carboxylic acids is 1. The van der Waals surface area contributed by atoms with Gasteiger partial charge in [-0.05, 0) is 24.3 Å². The molecule has 0 unspecified atom stereocenters. The van der Waals surface area contributed by atoms with Crippen molar-refractivity contribution in [3.8, 4) is 5.75 Å². The van der Waals surface area contributed by atoms with Crippen LogP contribution in [0.2, 0.25) is 0 Å². The average molecular weight is 378 g/mol. The summed E-state index contributed by atoms with van der Waals surface area (Å²) in [5, 5.41) is 10.7. The molecule has 0 bridgehead atoms. The Bertz CT molecular complexity index is 774. The highest BCUT2D eigenvalue weighted by molar-refractivity contribution is 5.99. The molecular weight excluding hydrogens is 358 g/mol. The molecule has 2 aromatic carbocycles. The van der Waals surface area contributed by atoms with Crippen molar-refractivity contribution in [1.82, 2.24) is 4.90 Å². The lowest BCUT2D eigenvalue weighted by atomic mass is 10.1. The number of para-hydroxylation sites is 1. The lowest BCUT2D eigenvalue weighted by Crippen LogP contribution is -2.42. The second-order valence-corrected chi connectivity index (χ2v) is 5.95. The van der Waals surface area contributed by atoms with Crippen molar-refractivity contribution in [2.75, 3.05) is 18.8 Å². The molecule has 1 aliphatic rings. The van der Waals surface area contributed by atoms with Gasteiger partial charge >= 0.3 is 0 Å². The third kappa shape index (κ3) is 4.43. The van der Waals surface area contributed by atoms with Crippen LogP contribution in [0.5, 0.6) is 5.75 Å². The zero-order chi connectivity index (χ0) is 17.8. The first kappa shape index (κ1) is 19.5. The highest BCUT2D eigenvalue weighted by Crippen LogP contribution is 2.23. The third-order valence-electron chi connectivity index (χ3n) is 4.27. The number of amides is 1. The molecule has 2 N–H and O–H groups in total. The monoisotopic (exact) mass is 377 g/mol. The van der Waals surface area contributed by atoms with E-state index in [1.165, 1.54) is 12.1 Å². The van der Waals surface area contributed by atoms with Crippen molar-refractivity contribution in [2.45, 2.75) is 18.9 Å². The van der Waals surface area contributed by atoms with Gasteiger partial charge in [-0.2, -0.15) is 0 Å². The lowest BCUT2D eigenvalue weighted by Gasteiger charge is -2.32. The lowest BCUT2D eigenvalue weighted by molar-refractivity contribution is -0.384. The minimum atomic E-state index is -0.441. The fourth-order valence-corrected chi connectivity index (χ4v) is 2.88. The van der Waals surface area contributed by atoms with Crippen molar-refractivity contribution < 1.29 is 14.5 Å². The van der Waals surface area contributed by atoms with E-state index in [-0.39, 0.29) is 30.1 Å². The predicted molar refractivity (Wildman–Crippen MR) is 101 cm³/mol. The molecule has 7 nitrogen and oxygen atoms in total. The van der Waals surface area contributed by atoms with Gasteiger partial charge in [-0.25, -0.2) is 0 Å². The molecule has 0 radical (unpaired) electrons. The number of hydrogen-bond acceptors (Lipinski definition) is 5. The predicted octanol–water partition coefficient (Wildman–Crippen LogP) is 3.28. The third-order valence-corrected chi connectivity index (χ3v) is 4.27. The van der Waals surface area contributed by atoms with E-state index in [2.05, 4.69) is 0 Å². The highest BCUT2D eigenvalue weighted by Gasteiger charge is 2.25. The molecule has 2 aromatic rings. The molecule has 138 valence electrons. The Morgan fingerprint density at radius 2 is 1.73 bits per heavy atom. The topological polar surface area (TPSA) is 98.7 Å². The van der Waals surface area contributed by atoms with Gasteiger partial charge in [-0.15, -0.1) is 12.4 Å². The number of nitrogens with two attached hydrogens (primary N) is 1. The highest BCUT2D eigenvalue weighted by atomic mass is 35.5. The van der Waals surface area contributed by atoms with Crippen molar-refractivity contribution >= 4 is 29.7 Å². The van der Waals surface area contributed by atoms with Gasteiger partial charge in [0, 0.05) is 43.8 Å². The molecular formula is C18H20ClN3O4. The Kier molecular flexibility index (Phi) is 6.41. The Morgan fingerprint density at radius 1 is 1.12 bits per heavy atom. The van der Waals surface area contributed by atoms with E-state index in [1.807, 2.05) is 0 Å². The van der Waals surface area contributed by atoms with Crippen LogP contribution in [-0.2, 0) is 0 Å². The maximum Gasteiger partial charge on any atom is 0.269 e. The van der Waals surface area contributed by atoms with Crippen molar-refractivity contribution in [1.29, 1.82) is 0 Å². The second kappa shape index (κ2) is 8.53. The van der Waals surface area contributed by atoms with E-state index in [0.29, 0.717) is 42.9 Å². The van der Waals surface area contributed by atoms with Crippen LogP contribution in [0.1, 0.15) is 23.2 Å². The van der Waals surface area contributed by atoms with Crippen LogP contribution in [0.4, 0.5) is 11.4 Å². The van der Waals surface area contributed by atoms with E-state index >= 15 is 0 Å². The molecule has 1 amide bonds. The quantitative estimate of drug-likeness (QED) is 0.500. The summed E-state index contributed by atoms with van der Waals surface area (Å²) < 4.78 is 5.86. The van der Waals surface area contributed by atoms with Gasteiger partial charge in [-0.3, -0.25) is 14.9 Å². The Hall–Kier alpha value is -2.80. The van der Waals surface area contributed by atoms with Crippen LogP contribution in [0, 0.1) is 10.1 Å². The zero-order valence-corrected chi connectivity index (χ0v) is 14.9. The number of halogens is 1. The molecule has 3 rings (SSSR count). The number of non-ortho nitro benzene ring substituents is 1. The summed E-state index contributed by atoms with van der Waals surface area (Å²) in [5.74, 6) is 0.537. The largest absolute Gasteiger partial charge is 0.490 e. The van der Waals surface area contributed by atoms with Crippen LogP contribution in [0.15, 0.2) is 48.5 Å². The maximum atomic E-state index is 12.5. The van der Waals surface area contributed by atoms with Gasteiger partial charge in [0.05, 0.1) is 10.5 Å². The summed E-state index contributed by atoms with van der Waals surface area (Å²) in [7, 11) is 0. The van der Waals surface area contributed by atoms with Gasteiger partial charge in [0.2, 0.25) is 0 Å². The SMILES string of the molecule is Cl.Nc1ccccc1C(=O)N1CCC(Oc2ccc([N+](=O)[O-])cc2)CC1. The Labute approximate surface area is 157 Å². The molecule has 1 heterocycles. The molecule has 0 saturated carbocycles. The van der Waals surface area contributed by atoms with E-state index < -0.39 is 4.92 Å². The van der Waals surface area contributed by atoms with Crippen LogP contribution in [0.25, 0.3) is 0 Å². The number of likely N-dealkylation sites (tertiary alicyclic amines) is 1. The summed E-state index contributed by atoms with van der Waals surface area (Å²) in [6.45, 7) is 1.18. The van der Waals surface area contributed by atoms with Crippen LogP contribution in [-0.4, -0.2) is 34.9 Å². The number of nitro benzene ring substituents is 1. The fraction of sp³-hybridized carbons (Fsp3) is 0.278. The van der Waals surface area contributed by atoms with Crippen molar-refractivity contribution in [3.63, 3.8) is 0 Å². The van der Waals surface area contributed by atoms with Gasteiger partial charge in [0.15, 0.2) is 0 Å². The van der Waals surface area contributed by atoms with Crippen molar-refractivity contribution in [3.05, 3.63) is 64.2 Å². The Morgan fingerprint density at radius 3 is 2.31 bits per heavy atom. The van der Waals surface area contributed by atoms with E-state index in [1.54, 1.807) is 41.3 Å². The van der Waals surface area contributed by atoms with E-state index in [9.17, 15) is 14.9 Å². The molecule has 1 fully saturated rings. The first-order valence-electron chi connectivity index (χ1n) is 8.09. The first-order chi connectivity index (χ1) is 12.0. The number of carbonyl (C=O) groups is 1. The Balaban J connectivity index is 0.00000243. The van der Waals surface area contributed by atoms with Gasteiger partial charge < -0.3 is 15.4 Å². The number of nitro groups is 1. The number of nitrogens with zero attached hydrogens (tertiary/aromatic N) is 2. The number of benzene rings is 2. The average Bonchev–Trinajstić information content (AvgIpc) is 2.63. The smallest absolute Gasteiger partial charge is 0.269 e. The summed E-state index contributed by atoms with van der Waals surface area (Å²) in [4.78, 5) is 24.5. The van der Waals surface area contributed by atoms with E-state index in [4.69, 9.17) is 10.5 Å². The summed E-state index contributed by atoms with van der Waals surface area (Å²) in [5.41, 5.74) is 6.91. The number of nitrogen functional groups attached to an aromatic ring is 1. The molecule has 0 aliphatic carbocycles. The normalized spacial score (nSPS) is 14.4. The molecule has 0 atom stereocenters. The second-order valence-electron chi connectivity index (χ2n) is 5.95. The summed E-state index contributed by atoms with van der Waals surface area (Å²) in [6.07, 6.45) is 1.39. The van der Waals surface area contributed by atoms with Gasteiger partial charge in [0.25, 0.3) is 11.6 Å². The minimum absolute atomic E-state index is 0. The standard InChI is InChI=1S/C18H19N3O4.ClH/c19-17-4-2-1-3-16(17)18(22)20-11-9-15(10-12-20)25-14-7-5-13(6-8-14)21(23)24;/h1-8,15H,9-12,19H2;1H. The number of hydrogen-bond donors (Lipinski definition) is 1. The first-order valence-corrected chi connectivity index (χ1v) is 8.09. The molecule has 0 aromatic heterocycles. The van der Waals surface area contributed by atoms with Crippen molar-refractivity contribution in [2.24, 2.45) is 0 Å². The number of anilines is 1. The molecule has 1 saturated heterocycles. The van der Waals surface area contributed by atoms with Crippen LogP contribution in [0.3, 0.4) is 0 Å². The fourth-order valence-electron chi connectivity index (χ4n) is 2.88. The van der Waals surface area contributed by atoms with Crippen LogP contribution < -0.4 is 10.5 Å². The minimum Gasteiger partial charge on any atom is -0.490 e. The molecule has 26 heavy (non-hydrogen) atoms. The summed E-state index contributed by atoms with van der Waals surface area (Å²) in [6, 6.07) is 13.1. The molecule has 8 heteroatoms. The maximum absolute atomic E-state index is 12.5. The summed E-state index contributed by atoms with van der Waals surface area (Å²) >= 11 is 0.